The van der Waals surface area contributed by atoms with E-state index in [4.69, 9.17) is 4.74 Å². The zero-order chi connectivity index (χ0) is 18.5. The fraction of sp³-hybridized carbons (Fsp3) is 0.333. The molecule has 1 heterocycles. The first-order valence-corrected chi connectivity index (χ1v) is 8.98. The summed E-state index contributed by atoms with van der Waals surface area (Å²) in [5, 5.41) is 2.94. The molecule has 5 nitrogen and oxygen atoms in total. The van der Waals surface area contributed by atoms with E-state index in [1.165, 1.54) is 0 Å². The van der Waals surface area contributed by atoms with Crippen LogP contribution in [-0.4, -0.2) is 25.0 Å². The average molecular weight is 352 g/mol. The standard InChI is InChI=1S/C21H24N2O3/c1-3-12-26-18-10-8-17(9-11-18)23-14-16(13-20(23)24)21(25)22-19-7-5-4-6-15(19)2/h4-11,16H,3,12-14H2,1-2H3,(H,22,25)/t16-/m0/s1. The first-order valence-electron chi connectivity index (χ1n) is 8.98. The molecule has 3 rings (SSSR count). The van der Waals surface area contributed by atoms with Crippen molar-refractivity contribution >= 4 is 23.2 Å². The highest BCUT2D eigenvalue weighted by atomic mass is 16.5. The Kier molecular flexibility index (Phi) is 5.56. The smallest absolute Gasteiger partial charge is 0.229 e. The fourth-order valence-electron chi connectivity index (χ4n) is 3.02. The van der Waals surface area contributed by atoms with Crippen LogP contribution in [0.15, 0.2) is 48.5 Å². The molecule has 0 unspecified atom stereocenters. The topological polar surface area (TPSA) is 58.6 Å². The van der Waals surface area contributed by atoms with Crippen LogP contribution in [0.3, 0.4) is 0 Å². The van der Waals surface area contributed by atoms with Gasteiger partial charge in [0.25, 0.3) is 0 Å². The molecule has 0 bridgehead atoms. The van der Waals surface area contributed by atoms with E-state index in [0.29, 0.717) is 13.2 Å². The Balaban J connectivity index is 1.64. The molecule has 1 aliphatic heterocycles. The third-order valence-electron chi connectivity index (χ3n) is 4.52. The van der Waals surface area contributed by atoms with Crippen LogP contribution in [0.5, 0.6) is 5.75 Å². The molecular formula is C21H24N2O3. The highest BCUT2D eigenvalue weighted by Gasteiger charge is 2.35. The number of ether oxygens (including phenoxy) is 1. The van der Waals surface area contributed by atoms with Crippen molar-refractivity contribution in [3.05, 3.63) is 54.1 Å². The van der Waals surface area contributed by atoms with Crippen molar-refractivity contribution in [3.8, 4) is 5.75 Å². The van der Waals surface area contributed by atoms with Crippen molar-refractivity contribution in [2.45, 2.75) is 26.7 Å². The van der Waals surface area contributed by atoms with Crippen LogP contribution in [-0.2, 0) is 9.59 Å². The van der Waals surface area contributed by atoms with Gasteiger partial charge in [0.15, 0.2) is 0 Å². The highest BCUT2D eigenvalue weighted by Crippen LogP contribution is 2.28. The predicted octanol–water partition coefficient (Wildman–Crippen LogP) is 3.78. The second-order valence-corrected chi connectivity index (χ2v) is 6.55. The van der Waals surface area contributed by atoms with E-state index in [2.05, 4.69) is 12.2 Å². The number of para-hydroxylation sites is 1. The van der Waals surface area contributed by atoms with Crippen LogP contribution in [0.4, 0.5) is 11.4 Å². The lowest BCUT2D eigenvalue weighted by Gasteiger charge is -2.17. The van der Waals surface area contributed by atoms with Gasteiger partial charge in [-0.15, -0.1) is 0 Å². The number of rotatable bonds is 6. The number of hydrogen-bond donors (Lipinski definition) is 1. The van der Waals surface area contributed by atoms with Gasteiger partial charge in [0.05, 0.1) is 12.5 Å². The van der Waals surface area contributed by atoms with Gasteiger partial charge in [0.2, 0.25) is 11.8 Å². The van der Waals surface area contributed by atoms with Gasteiger partial charge in [-0.1, -0.05) is 25.1 Å². The Bertz CT molecular complexity index is 786. The van der Waals surface area contributed by atoms with Crippen molar-refractivity contribution < 1.29 is 14.3 Å². The lowest BCUT2D eigenvalue weighted by Crippen LogP contribution is -2.28. The quantitative estimate of drug-likeness (QED) is 0.861. The van der Waals surface area contributed by atoms with Crippen LogP contribution >= 0.6 is 0 Å². The predicted molar refractivity (Wildman–Crippen MR) is 102 cm³/mol. The van der Waals surface area contributed by atoms with Crippen molar-refractivity contribution in [1.82, 2.24) is 0 Å². The number of amides is 2. The molecule has 136 valence electrons. The minimum absolute atomic E-state index is 0.0304. The normalized spacial score (nSPS) is 16.6. The molecule has 0 spiro atoms. The van der Waals surface area contributed by atoms with Gasteiger partial charge in [-0.3, -0.25) is 9.59 Å². The summed E-state index contributed by atoms with van der Waals surface area (Å²) in [5.74, 6) is 0.296. The molecule has 1 atom stereocenters. The van der Waals surface area contributed by atoms with E-state index < -0.39 is 0 Å². The lowest BCUT2D eigenvalue weighted by atomic mass is 10.1. The van der Waals surface area contributed by atoms with E-state index >= 15 is 0 Å². The third-order valence-corrected chi connectivity index (χ3v) is 4.52. The van der Waals surface area contributed by atoms with Gasteiger partial charge < -0.3 is 15.0 Å². The summed E-state index contributed by atoms with van der Waals surface area (Å²) in [4.78, 5) is 26.6. The van der Waals surface area contributed by atoms with E-state index in [1.54, 1.807) is 4.90 Å². The van der Waals surface area contributed by atoms with E-state index in [9.17, 15) is 9.59 Å². The summed E-state index contributed by atoms with van der Waals surface area (Å²) in [6.45, 7) is 5.07. The number of aryl methyl sites for hydroxylation is 1. The van der Waals surface area contributed by atoms with Crippen LogP contribution in [0.2, 0.25) is 0 Å². The molecule has 0 aromatic heterocycles. The Labute approximate surface area is 154 Å². The second kappa shape index (κ2) is 8.04. The zero-order valence-corrected chi connectivity index (χ0v) is 15.2. The minimum atomic E-state index is -0.349. The number of anilines is 2. The Hall–Kier alpha value is -2.82. The first-order chi connectivity index (χ1) is 12.6. The van der Waals surface area contributed by atoms with E-state index in [-0.39, 0.29) is 24.2 Å². The van der Waals surface area contributed by atoms with Gasteiger partial charge in [-0.05, 0) is 49.2 Å². The van der Waals surface area contributed by atoms with Gasteiger partial charge in [0, 0.05) is 24.3 Å². The van der Waals surface area contributed by atoms with Crippen LogP contribution < -0.4 is 15.0 Å². The molecule has 2 aromatic rings. The maximum absolute atomic E-state index is 12.6. The van der Waals surface area contributed by atoms with Crippen LogP contribution in [0.25, 0.3) is 0 Å². The number of nitrogens with one attached hydrogen (secondary N) is 1. The van der Waals surface area contributed by atoms with E-state index in [1.807, 2.05) is 55.5 Å². The molecule has 0 saturated carbocycles. The summed E-state index contributed by atoms with van der Waals surface area (Å²) < 4.78 is 5.57. The number of benzene rings is 2. The van der Waals surface area contributed by atoms with Crippen LogP contribution in [0, 0.1) is 12.8 Å². The molecule has 1 fully saturated rings. The van der Waals surface area contributed by atoms with Gasteiger partial charge in [-0.2, -0.15) is 0 Å². The summed E-state index contributed by atoms with van der Waals surface area (Å²) in [5.41, 5.74) is 2.59. The zero-order valence-electron chi connectivity index (χ0n) is 15.2. The average Bonchev–Trinajstić information content (AvgIpc) is 3.04. The number of hydrogen-bond acceptors (Lipinski definition) is 3. The van der Waals surface area contributed by atoms with Gasteiger partial charge in [-0.25, -0.2) is 0 Å². The first kappa shape index (κ1) is 18.0. The summed E-state index contributed by atoms with van der Waals surface area (Å²) in [7, 11) is 0. The molecular weight excluding hydrogens is 328 g/mol. The molecule has 1 N–H and O–H groups in total. The summed E-state index contributed by atoms with van der Waals surface area (Å²) >= 11 is 0. The largest absolute Gasteiger partial charge is 0.494 e. The molecule has 1 aliphatic rings. The molecule has 2 aromatic carbocycles. The van der Waals surface area contributed by atoms with Crippen molar-refractivity contribution in [3.63, 3.8) is 0 Å². The Morgan fingerprint density at radius 1 is 1.19 bits per heavy atom. The fourth-order valence-corrected chi connectivity index (χ4v) is 3.02. The van der Waals surface area contributed by atoms with Crippen molar-refractivity contribution in [2.75, 3.05) is 23.4 Å². The summed E-state index contributed by atoms with van der Waals surface area (Å²) in [6.07, 6.45) is 1.18. The molecule has 26 heavy (non-hydrogen) atoms. The molecule has 1 saturated heterocycles. The highest BCUT2D eigenvalue weighted by molar-refractivity contribution is 6.03. The van der Waals surface area contributed by atoms with Crippen molar-refractivity contribution in [2.24, 2.45) is 5.92 Å². The number of nitrogens with zero attached hydrogens (tertiary/aromatic N) is 1. The number of carbonyl (C=O) groups is 2. The maximum Gasteiger partial charge on any atom is 0.229 e. The van der Waals surface area contributed by atoms with Crippen LogP contribution in [0.1, 0.15) is 25.3 Å². The SMILES string of the molecule is CCCOc1ccc(N2C[C@@H](C(=O)Nc3ccccc3C)CC2=O)cc1. The summed E-state index contributed by atoms with van der Waals surface area (Å²) in [6, 6.07) is 15.1. The molecule has 2 amide bonds. The van der Waals surface area contributed by atoms with Crippen molar-refractivity contribution in [1.29, 1.82) is 0 Å². The van der Waals surface area contributed by atoms with Gasteiger partial charge in [0.1, 0.15) is 5.75 Å². The third kappa shape index (κ3) is 4.04. The van der Waals surface area contributed by atoms with E-state index in [0.717, 1.165) is 29.1 Å². The number of carbonyl (C=O) groups excluding carboxylic acids is 2. The Morgan fingerprint density at radius 3 is 2.62 bits per heavy atom. The molecule has 0 aliphatic carbocycles. The molecule has 0 radical (unpaired) electrons. The monoisotopic (exact) mass is 352 g/mol. The second-order valence-electron chi connectivity index (χ2n) is 6.55. The molecule has 5 heteroatoms. The Morgan fingerprint density at radius 2 is 1.92 bits per heavy atom. The lowest BCUT2D eigenvalue weighted by molar-refractivity contribution is -0.122. The minimum Gasteiger partial charge on any atom is -0.494 e. The maximum atomic E-state index is 12.6. The van der Waals surface area contributed by atoms with Gasteiger partial charge >= 0.3 is 0 Å².